The van der Waals surface area contributed by atoms with Gasteiger partial charge in [0.15, 0.2) is 5.78 Å². The Bertz CT molecular complexity index is 708. The van der Waals surface area contributed by atoms with Crippen molar-refractivity contribution < 1.29 is 14.7 Å². The second kappa shape index (κ2) is 7.14. The van der Waals surface area contributed by atoms with Gasteiger partial charge >= 0.3 is 5.97 Å². The number of hydrogen-bond acceptors (Lipinski definition) is 6. The number of rotatable bonds is 6. The van der Waals surface area contributed by atoms with E-state index < -0.39 is 11.6 Å². The zero-order valence-electron chi connectivity index (χ0n) is 14.0. The third-order valence-electron chi connectivity index (χ3n) is 4.89. The second-order valence-corrected chi connectivity index (χ2v) is 6.51. The minimum atomic E-state index is -1.20. The highest BCUT2D eigenvalue weighted by Crippen LogP contribution is 2.32. The van der Waals surface area contributed by atoms with E-state index in [1.54, 1.807) is 18.5 Å². The minimum absolute atomic E-state index is 0.000216. The van der Waals surface area contributed by atoms with Crippen molar-refractivity contribution >= 4 is 23.7 Å². The number of ketones is 1. The molecule has 132 valence electrons. The van der Waals surface area contributed by atoms with Gasteiger partial charge in [-0.15, -0.1) is 0 Å². The Labute approximate surface area is 146 Å². The number of carboxylic acid groups (broad SMARTS) is 1. The fourth-order valence-electron chi connectivity index (χ4n) is 3.43. The molecule has 3 rings (SSSR count). The lowest BCUT2D eigenvalue weighted by Crippen LogP contribution is -2.44. The highest BCUT2D eigenvalue weighted by molar-refractivity contribution is 6.04. The standard InChI is InChI=1S/C18H22N4O3/c19-18(7-1-16(23)24)15(4-10-21-18)17(25)13-5-11-22(12-6-13)14-2-8-20-9-3-14/h2-4,8-10,13H,1,5-7,11-12,19H2,(H,23,24). The van der Waals surface area contributed by atoms with Gasteiger partial charge in [0, 0.05) is 61.7 Å². The maximum absolute atomic E-state index is 12.9. The van der Waals surface area contributed by atoms with E-state index in [4.69, 9.17) is 10.8 Å². The minimum Gasteiger partial charge on any atom is -0.481 e. The molecular formula is C18H22N4O3. The Morgan fingerprint density at radius 3 is 2.60 bits per heavy atom. The van der Waals surface area contributed by atoms with Crippen molar-refractivity contribution in [2.75, 3.05) is 18.0 Å². The largest absolute Gasteiger partial charge is 0.481 e. The third-order valence-corrected chi connectivity index (χ3v) is 4.89. The fraction of sp³-hybridized carbons (Fsp3) is 0.444. The van der Waals surface area contributed by atoms with Crippen LogP contribution in [0.4, 0.5) is 5.69 Å². The van der Waals surface area contributed by atoms with Crippen molar-refractivity contribution in [1.29, 1.82) is 0 Å². The fourth-order valence-corrected chi connectivity index (χ4v) is 3.43. The van der Waals surface area contributed by atoms with Gasteiger partial charge in [-0.3, -0.25) is 19.6 Å². The number of nitrogens with two attached hydrogens (primary N) is 1. The molecule has 0 radical (unpaired) electrons. The molecular weight excluding hydrogens is 320 g/mol. The Hall–Kier alpha value is -2.54. The van der Waals surface area contributed by atoms with Crippen LogP contribution in [0.3, 0.4) is 0 Å². The van der Waals surface area contributed by atoms with Crippen LogP contribution in [0.25, 0.3) is 0 Å². The first-order valence-corrected chi connectivity index (χ1v) is 8.45. The van der Waals surface area contributed by atoms with Crippen molar-refractivity contribution in [2.24, 2.45) is 16.6 Å². The van der Waals surface area contributed by atoms with Gasteiger partial charge in [-0.1, -0.05) is 0 Å². The molecule has 7 heteroatoms. The number of carbonyl (C=O) groups excluding carboxylic acids is 1. The number of carbonyl (C=O) groups is 2. The molecule has 2 aliphatic heterocycles. The Morgan fingerprint density at radius 1 is 1.28 bits per heavy atom. The summed E-state index contributed by atoms with van der Waals surface area (Å²) in [7, 11) is 0. The van der Waals surface area contributed by atoms with E-state index in [0.29, 0.717) is 5.57 Å². The predicted molar refractivity (Wildman–Crippen MR) is 94.5 cm³/mol. The number of aliphatic imine (C=N–C) groups is 1. The van der Waals surface area contributed by atoms with E-state index in [1.165, 1.54) is 6.21 Å². The molecule has 3 heterocycles. The molecule has 1 atom stereocenters. The number of Topliss-reactive ketones (excluding diaryl/α,β-unsaturated/α-hetero) is 1. The van der Waals surface area contributed by atoms with Gasteiger partial charge < -0.3 is 15.7 Å². The topological polar surface area (TPSA) is 109 Å². The second-order valence-electron chi connectivity index (χ2n) is 6.51. The lowest BCUT2D eigenvalue weighted by molar-refractivity contribution is -0.137. The van der Waals surface area contributed by atoms with E-state index in [-0.39, 0.29) is 24.5 Å². The number of allylic oxidation sites excluding steroid dienone is 1. The number of carboxylic acids is 1. The molecule has 3 N–H and O–H groups in total. The Balaban J connectivity index is 1.62. The van der Waals surface area contributed by atoms with Gasteiger partial charge in [-0.25, -0.2) is 0 Å². The number of hydrogen-bond donors (Lipinski definition) is 2. The normalized spacial score (nSPS) is 23.6. The molecule has 0 aromatic carbocycles. The monoisotopic (exact) mass is 342 g/mol. The summed E-state index contributed by atoms with van der Waals surface area (Å²) in [5, 5.41) is 8.88. The number of piperidine rings is 1. The summed E-state index contributed by atoms with van der Waals surface area (Å²) >= 11 is 0. The number of aliphatic carboxylic acids is 1. The first-order valence-electron chi connectivity index (χ1n) is 8.45. The summed E-state index contributed by atoms with van der Waals surface area (Å²) in [5.74, 6) is -1.04. The van der Waals surface area contributed by atoms with Gasteiger partial charge in [0.25, 0.3) is 0 Å². The molecule has 0 amide bonds. The van der Waals surface area contributed by atoms with E-state index in [1.807, 2.05) is 12.1 Å². The number of anilines is 1. The summed E-state index contributed by atoms with van der Waals surface area (Å²) in [6.07, 6.45) is 8.18. The number of nitrogens with zero attached hydrogens (tertiary/aromatic N) is 3. The van der Waals surface area contributed by atoms with Crippen molar-refractivity contribution in [2.45, 2.75) is 31.3 Å². The van der Waals surface area contributed by atoms with Crippen LogP contribution in [0.15, 0.2) is 41.2 Å². The molecule has 0 spiro atoms. The van der Waals surface area contributed by atoms with E-state index in [2.05, 4.69) is 14.9 Å². The average Bonchev–Trinajstić information content (AvgIpc) is 3.02. The molecule has 25 heavy (non-hydrogen) atoms. The SMILES string of the molecule is NC1(CCC(=O)O)N=CC=C1C(=O)C1CCN(c2ccncc2)CC1. The highest BCUT2D eigenvalue weighted by Gasteiger charge is 2.39. The maximum atomic E-state index is 12.9. The molecule has 1 aromatic heterocycles. The van der Waals surface area contributed by atoms with Gasteiger partial charge in [0.1, 0.15) is 5.66 Å². The molecule has 0 bridgehead atoms. The van der Waals surface area contributed by atoms with Gasteiger partial charge in [0.2, 0.25) is 0 Å². The molecule has 2 aliphatic rings. The van der Waals surface area contributed by atoms with Crippen LogP contribution in [0.1, 0.15) is 25.7 Å². The maximum Gasteiger partial charge on any atom is 0.303 e. The molecule has 0 aliphatic carbocycles. The van der Waals surface area contributed by atoms with Gasteiger partial charge in [-0.2, -0.15) is 0 Å². The summed E-state index contributed by atoms with van der Waals surface area (Å²) in [4.78, 5) is 34.1. The van der Waals surface area contributed by atoms with Gasteiger partial charge in [0.05, 0.1) is 0 Å². The zero-order chi connectivity index (χ0) is 17.9. The van der Waals surface area contributed by atoms with Crippen LogP contribution in [0.5, 0.6) is 0 Å². The Kier molecular flexibility index (Phi) is 4.94. The van der Waals surface area contributed by atoms with Crippen LogP contribution in [-0.4, -0.2) is 46.8 Å². The zero-order valence-corrected chi connectivity index (χ0v) is 14.0. The van der Waals surface area contributed by atoms with Crippen LogP contribution in [0.2, 0.25) is 0 Å². The molecule has 7 nitrogen and oxygen atoms in total. The summed E-state index contributed by atoms with van der Waals surface area (Å²) in [5.41, 5.74) is 6.56. The van der Waals surface area contributed by atoms with Crippen LogP contribution in [0, 0.1) is 5.92 Å². The Morgan fingerprint density at radius 2 is 1.96 bits per heavy atom. The lowest BCUT2D eigenvalue weighted by atomic mass is 9.83. The molecule has 1 saturated heterocycles. The van der Waals surface area contributed by atoms with Crippen molar-refractivity contribution in [1.82, 2.24) is 4.98 Å². The van der Waals surface area contributed by atoms with Crippen LogP contribution < -0.4 is 10.6 Å². The van der Waals surface area contributed by atoms with Gasteiger partial charge in [-0.05, 0) is 31.1 Å². The lowest BCUT2D eigenvalue weighted by Gasteiger charge is -2.34. The van der Waals surface area contributed by atoms with Crippen molar-refractivity contribution in [3.63, 3.8) is 0 Å². The molecule has 1 aromatic rings. The highest BCUT2D eigenvalue weighted by atomic mass is 16.4. The van der Waals surface area contributed by atoms with E-state index in [9.17, 15) is 9.59 Å². The number of pyridine rings is 1. The first-order chi connectivity index (χ1) is 12.0. The van der Waals surface area contributed by atoms with E-state index >= 15 is 0 Å². The third kappa shape index (κ3) is 3.76. The smallest absolute Gasteiger partial charge is 0.303 e. The summed E-state index contributed by atoms with van der Waals surface area (Å²) < 4.78 is 0. The van der Waals surface area contributed by atoms with Crippen molar-refractivity contribution in [3.05, 3.63) is 36.2 Å². The summed E-state index contributed by atoms with van der Waals surface area (Å²) in [6, 6.07) is 3.93. The van der Waals surface area contributed by atoms with Crippen LogP contribution >= 0.6 is 0 Å². The quantitative estimate of drug-likeness (QED) is 0.809. The molecule has 0 saturated carbocycles. The van der Waals surface area contributed by atoms with E-state index in [0.717, 1.165) is 31.6 Å². The average molecular weight is 342 g/mol. The summed E-state index contributed by atoms with van der Waals surface area (Å²) in [6.45, 7) is 1.59. The van der Waals surface area contributed by atoms with Crippen molar-refractivity contribution in [3.8, 4) is 0 Å². The first kappa shape index (κ1) is 17.3. The molecule has 1 fully saturated rings. The number of aromatic nitrogens is 1. The molecule has 1 unspecified atom stereocenters. The van der Waals surface area contributed by atoms with Crippen LogP contribution in [-0.2, 0) is 9.59 Å². The predicted octanol–water partition coefficient (Wildman–Crippen LogP) is 1.40.